The summed E-state index contributed by atoms with van der Waals surface area (Å²) in [7, 11) is -4.18. The number of amides is 3. The number of rotatable bonds is 3. The smallest absolute Gasteiger partial charge is 0.336 e. The predicted molar refractivity (Wildman–Crippen MR) is 112 cm³/mol. The maximum Gasteiger partial charge on any atom is 0.336 e. The first-order chi connectivity index (χ1) is 14.7. The summed E-state index contributed by atoms with van der Waals surface area (Å²) >= 11 is 0. The van der Waals surface area contributed by atoms with Gasteiger partial charge in [-0.1, -0.05) is 0 Å². The minimum atomic E-state index is -4.18. The van der Waals surface area contributed by atoms with Gasteiger partial charge in [0, 0.05) is 11.3 Å². The van der Waals surface area contributed by atoms with Crippen LogP contribution in [0.1, 0.15) is 41.6 Å². The molecule has 2 aliphatic rings. The van der Waals surface area contributed by atoms with Crippen LogP contribution in [-0.2, 0) is 10.0 Å². The highest BCUT2D eigenvalue weighted by Crippen LogP contribution is 2.35. The molecule has 0 aromatic heterocycles. The number of fused-ring (bicyclic) bond motifs is 1. The minimum Gasteiger partial charge on any atom is -0.393 e. The number of aliphatic hydroxyl groups is 1. The van der Waals surface area contributed by atoms with E-state index in [2.05, 4.69) is 10.6 Å². The van der Waals surface area contributed by atoms with Crippen molar-refractivity contribution < 1.29 is 27.5 Å². The maximum atomic E-state index is 13.4. The number of hydrogen-bond donors (Lipinski definition) is 3. The Morgan fingerprint density at radius 2 is 1.87 bits per heavy atom. The fraction of sp³-hybridized carbons (Fsp3) is 0.333. The lowest BCUT2D eigenvalue weighted by atomic mass is 9.93. The molecule has 8 nitrogen and oxygen atoms in total. The van der Waals surface area contributed by atoms with E-state index in [4.69, 9.17) is 0 Å². The van der Waals surface area contributed by atoms with Gasteiger partial charge in [-0.15, -0.1) is 0 Å². The van der Waals surface area contributed by atoms with Crippen LogP contribution in [0, 0.1) is 12.7 Å². The van der Waals surface area contributed by atoms with Crippen LogP contribution >= 0.6 is 0 Å². The van der Waals surface area contributed by atoms with Gasteiger partial charge in [-0.2, -0.15) is 0 Å². The van der Waals surface area contributed by atoms with Crippen molar-refractivity contribution in [1.29, 1.82) is 0 Å². The van der Waals surface area contributed by atoms with Crippen molar-refractivity contribution in [2.24, 2.45) is 0 Å². The number of carbonyl (C=O) groups is 2. The highest BCUT2D eigenvalue weighted by Gasteiger charge is 2.42. The molecule has 2 aromatic carbocycles. The number of carbonyl (C=O) groups excluding carboxylic acids is 2. The number of urea groups is 1. The zero-order valence-corrected chi connectivity index (χ0v) is 17.6. The van der Waals surface area contributed by atoms with E-state index in [9.17, 15) is 27.5 Å². The van der Waals surface area contributed by atoms with Crippen LogP contribution in [0.4, 0.5) is 20.6 Å². The quantitative estimate of drug-likeness (QED) is 0.668. The monoisotopic (exact) mass is 447 g/mol. The van der Waals surface area contributed by atoms with Crippen molar-refractivity contribution in [3.05, 3.63) is 53.3 Å². The average Bonchev–Trinajstić information content (AvgIpc) is 2.71. The van der Waals surface area contributed by atoms with Crippen LogP contribution in [0.15, 0.2) is 41.3 Å². The van der Waals surface area contributed by atoms with E-state index in [1.165, 1.54) is 36.4 Å². The lowest BCUT2D eigenvalue weighted by molar-refractivity contribution is 0.102. The van der Waals surface area contributed by atoms with Crippen molar-refractivity contribution in [2.75, 3.05) is 10.6 Å². The molecule has 0 saturated heterocycles. The Hall–Kier alpha value is -2.98. The van der Waals surface area contributed by atoms with Crippen LogP contribution in [0.2, 0.25) is 0 Å². The van der Waals surface area contributed by atoms with E-state index in [0.29, 0.717) is 36.9 Å². The number of benzene rings is 2. The van der Waals surface area contributed by atoms with Gasteiger partial charge >= 0.3 is 6.03 Å². The van der Waals surface area contributed by atoms with Crippen molar-refractivity contribution in [3.63, 3.8) is 0 Å². The fourth-order valence-electron chi connectivity index (χ4n) is 3.95. The molecule has 1 heterocycles. The third kappa shape index (κ3) is 4.00. The zero-order chi connectivity index (χ0) is 22.3. The highest BCUT2D eigenvalue weighted by atomic mass is 32.2. The Morgan fingerprint density at radius 3 is 2.55 bits per heavy atom. The second-order valence-electron chi connectivity index (χ2n) is 7.82. The largest absolute Gasteiger partial charge is 0.393 e. The molecule has 164 valence electrons. The number of halogens is 1. The van der Waals surface area contributed by atoms with Crippen molar-refractivity contribution in [1.82, 2.24) is 4.31 Å². The number of nitrogens with one attached hydrogen (secondary N) is 2. The Labute approximate surface area is 179 Å². The Kier molecular flexibility index (Phi) is 5.44. The van der Waals surface area contributed by atoms with E-state index in [0.717, 1.165) is 4.31 Å². The fourth-order valence-corrected chi connectivity index (χ4v) is 5.70. The minimum absolute atomic E-state index is 0.0828. The molecule has 4 rings (SSSR count). The third-order valence-electron chi connectivity index (χ3n) is 5.64. The first-order valence-electron chi connectivity index (χ1n) is 9.92. The van der Waals surface area contributed by atoms with Gasteiger partial charge in [0.25, 0.3) is 15.9 Å². The number of aliphatic hydroxyl groups excluding tert-OH is 1. The van der Waals surface area contributed by atoms with Gasteiger partial charge < -0.3 is 15.7 Å². The molecular formula is C21H22FN3O5S. The Bertz CT molecular complexity index is 1160. The standard InChI is InChI=1S/C21H22FN3O5S/c1-12-10-14(3-8-17(12)22)23-20(27)13-2-9-18-19(11-13)31(29,30)25(21(28)24-18)15-4-6-16(26)7-5-15/h2-3,8-11,15-16,26H,4-7H2,1H3,(H,23,27)(H,24,28)/t15-,16-. The van der Waals surface area contributed by atoms with Crippen LogP contribution in [-0.4, -0.2) is 41.9 Å². The van der Waals surface area contributed by atoms with E-state index in [1.54, 1.807) is 6.92 Å². The molecule has 1 aliphatic carbocycles. The number of aryl methyl sites for hydroxylation is 1. The molecule has 0 spiro atoms. The van der Waals surface area contributed by atoms with Crippen LogP contribution in [0.3, 0.4) is 0 Å². The van der Waals surface area contributed by atoms with Crippen molar-refractivity contribution in [3.8, 4) is 0 Å². The van der Waals surface area contributed by atoms with Crippen LogP contribution < -0.4 is 10.6 Å². The van der Waals surface area contributed by atoms with Gasteiger partial charge in [-0.05, 0) is 74.6 Å². The van der Waals surface area contributed by atoms with Crippen molar-refractivity contribution >= 4 is 33.3 Å². The van der Waals surface area contributed by atoms with Gasteiger partial charge in [0.2, 0.25) is 0 Å². The molecule has 1 saturated carbocycles. The number of hydrogen-bond acceptors (Lipinski definition) is 5. The molecule has 3 N–H and O–H groups in total. The van der Waals surface area contributed by atoms with E-state index >= 15 is 0 Å². The summed E-state index contributed by atoms with van der Waals surface area (Å²) in [5, 5.41) is 14.9. The Balaban J connectivity index is 1.63. The topological polar surface area (TPSA) is 116 Å². The second-order valence-corrected chi connectivity index (χ2v) is 9.61. The van der Waals surface area contributed by atoms with E-state index in [-0.39, 0.29) is 16.1 Å². The molecule has 10 heteroatoms. The summed E-state index contributed by atoms with van der Waals surface area (Å²) in [5.74, 6) is -0.961. The molecule has 31 heavy (non-hydrogen) atoms. The maximum absolute atomic E-state index is 13.4. The van der Waals surface area contributed by atoms with Gasteiger partial charge in [0.15, 0.2) is 0 Å². The predicted octanol–water partition coefficient (Wildman–Crippen LogP) is 3.23. The molecule has 1 fully saturated rings. The van der Waals surface area contributed by atoms with Crippen LogP contribution in [0.5, 0.6) is 0 Å². The number of nitrogens with zero attached hydrogens (tertiary/aromatic N) is 1. The summed E-state index contributed by atoms with van der Waals surface area (Å²) < 4.78 is 40.7. The van der Waals surface area contributed by atoms with Crippen molar-refractivity contribution in [2.45, 2.75) is 49.6 Å². The van der Waals surface area contributed by atoms with Gasteiger partial charge in [-0.25, -0.2) is 21.9 Å². The molecule has 0 radical (unpaired) electrons. The lowest BCUT2D eigenvalue weighted by Crippen LogP contribution is -2.51. The van der Waals surface area contributed by atoms with Gasteiger partial charge in [0.05, 0.1) is 17.8 Å². The summed E-state index contributed by atoms with van der Waals surface area (Å²) in [4.78, 5) is 25.0. The average molecular weight is 447 g/mol. The molecule has 3 amide bonds. The number of sulfonamides is 1. The molecule has 1 aliphatic heterocycles. The van der Waals surface area contributed by atoms with Gasteiger partial charge in [0.1, 0.15) is 10.7 Å². The van der Waals surface area contributed by atoms with E-state index in [1.807, 2.05) is 0 Å². The molecule has 0 unspecified atom stereocenters. The molecular weight excluding hydrogens is 425 g/mol. The van der Waals surface area contributed by atoms with Gasteiger partial charge in [-0.3, -0.25) is 4.79 Å². The van der Waals surface area contributed by atoms with E-state index < -0.39 is 39.9 Å². The lowest BCUT2D eigenvalue weighted by Gasteiger charge is -2.37. The highest BCUT2D eigenvalue weighted by molar-refractivity contribution is 7.90. The summed E-state index contributed by atoms with van der Waals surface area (Å²) in [6.45, 7) is 1.57. The zero-order valence-electron chi connectivity index (χ0n) is 16.8. The number of anilines is 2. The summed E-state index contributed by atoms with van der Waals surface area (Å²) in [6.07, 6.45) is 1.07. The molecule has 0 atom stereocenters. The first-order valence-corrected chi connectivity index (χ1v) is 11.4. The molecule has 0 bridgehead atoms. The first kappa shape index (κ1) is 21.3. The Morgan fingerprint density at radius 1 is 1.16 bits per heavy atom. The third-order valence-corrected chi connectivity index (χ3v) is 7.51. The normalized spacial score (nSPS) is 22.4. The SMILES string of the molecule is Cc1cc(NC(=O)c2ccc3c(c2)S(=O)(=O)N([C@H]2CC[C@H](O)CC2)C(=O)N3)ccc1F. The summed E-state index contributed by atoms with van der Waals surface area (Å²) in [6, 6.07) is 6.83. The second kappa shape index (κ2) is 7.93. The molecule has 2 aromatic rings. The summed E-state index contributed by atoms with van der Waals surface area (Å²) in [5.41, 5.74) is 0.924. The van der Waals surface area contributed by atoms with Crippen LogP contribution in [0.25, 0.3) is 0 Å².